The maximum absolute atomic E-state index is 13.0. The Hall–Kier alpha value is -3.23. The van der Waals surface area contributed by atoms with Crippen molar-refractivity contribution in [1.82, 2.24) is 5.32 Å². The highest BCUT2D eigenvalue weighted by molar-refractivity contribution is 7.80. The normalized spacial score (nSPS) is 15.4. The Balaban J connectivity index is 1.91. The molecule has 3 rings (SSSR count). The minimum Gasteiger partial charge on any atom is -0.482 e. The summed E-state index contributed by atoms with van der Waals surface area (Å²) in [6, 6.07) is 11.8. The number of thiocarbonyl (C=S) groups is 1. The maximum Gasteiger partial charge on any atom is 0.270 e. The van der Waals surface area contributed by atoms with Gasteiger partial charge < -0.3 is 10.5 Å². The van der Waals surface area contributed by atoms with Crippen LogP contribution in [0.4, 0.5) is 5.69 Å². The number of ether oxygens (including phenoxy) is 1. The molecule has 3 amide bonds. The predicted octanol–water partition coefficient (Wildman–Crippen LogP) is 2.34. The largest absolute Gasteiger partial charge is 0.482 e. The standard InChI is InChI=1S/C20H16ClN3O4S/c1-11-2-5-13(6-3-11)24-19(27)14(18(26)23-20(24)29)8-12-4-7-16(15(21)9-12)28-10-17(22)25/h2-9H,10H2,1H3,(H2,22,25)(H,23,26,29). The number of primary amides is 1. The molecule has 9 heteroatoms. The van der Waals surface area contributed by atoms with Gasteiger partial charge in [-0.15, -0.1) is 0 Å². The van der Waals surface area contributed by atoms with E-state index in [4.69, 9.17) is 34.3 Å². The van der Waals surface area contributed by atoms with Gasteiger partial charge in [0.2, 0.25) is 0 Å². The highest BCUT2D eigenvalue weighted by Gasteiger charge is 2.34. The van der Waals surface area contributed by atoms with Crippen LogP contribution in [0.5, 0.6) is 5.75 Å². The number of aryl methyl sites for hydroxylation is 1. The number of nitrogens with two attached hydrogens (primary N) is 1. The molecule has 1 saturated heterocycles. The van der Waals surface area contributed by atoms with E-state index in [1.54, 1.807) is 18.2 Å². The van der Waals surface area contributed by atoms with Crippen molar-refractivity contribution in [2.45, 2.75) is 6.92 Å². The second kappa shape index (κ2) is 8.42. The van der Waals surface area contributed by atoms with Crippen molar-refractivity contribution in [2.24, 2.45) is 5.73 Å². The van der Waals surface area contributed by atoms with Crippen LogP contribution >= 0.6 is 23.8 Å². The third kappa shape index (κ3) is 4.61. The summed E-state index contributed by atoms with van der Waals surface area (Å²) in [5.74, 6) is -1.53. The Kier molecular flexibility index (Phi) is 5.95. The van der Waals surface area contributed by atoms with Crippen LogP contribution in [0.15, 0.2) is 48.0 Å². The lowest BCUT2D eigenvalue weighted by atomic mass is 10.1. The van der Waals surface area contributed by atoms with Crippen molar-refractivity contribution < 1.29 is 19.1 Å². The zero-order chi connectivity index (χ0) is 21.1. The zero-order valence-corrected chi connectivity index (χ0v) is 16.8. The summed E-state index contributed by atoms with van der Waals surface area (Å²) in [6.45, 7) is 1.61. The van der Waals surface area contributed by atoms with Crippen molar-refractivity contribution >= 4 is 58.4 Å². The molecule has 7 nitrogen and oxygen atoms in total. The van der Waals surface area contributed by atoms with Gasteiger partial charge in [0.25, 0.3) is 17.7 Å². The summed E-state index contributed by atoms with van der Waals surface area (Å²) >= 11 is 11.3. The molecule has 0 spiro atoms. The van der Waals surface area contributed by atoms with Gasteiger partial charge in [-0.05, 0) is 55.0 Å². The third-order valence-electron chi connectivity index (χ3n) is 4.03. The Morgan fingerprint density at radius 1 is 1.24 bits per heavy atom. The topological polar surface area (TPSA) is 102 Å². The van der Waals surface area contributed by atoms with Gasteiger partial charge >= 0.3 is 0 Å². The van der Waals surface area contributed by atoms with E-state index in [-0.39, 0.29) is 28.1 Å². The SMILES string of the molecule is Cc1ccc(N2C(=O)C(=Cc3ccc(OCC(N)=O)c(Cl)c3)C(=O)NC2=S)cc1. The van der Waals surface area contributed by atoms with Crippen molar-refractivity contribution in [3.63, 3.8) is 0 Å². The van der Waals surface area contributed by atoms with E-state index in [1.807, 2.05) is 19.1 Å². The Morgan fingerprint density at radius 3 is 2.55 bits per heavy atom. The number of carbonyl (C=O) groups is 3. The van der Waals surface area contributed by atoms with Crippen LogP contribution in [0.2, 0.25) is 5.02 Å². The number of halogens is 1. The molecule has 0 atom stereocenters. The van der Waals surface area contributed by atoms with Crippen LogP contribution in [0.25, 0.3) is 6.08 Å². The van der Waals surface area contributed by atoms with Crippen LogP contribution in [0.3, 0.4) is 0 Å². The van der Waals surface area contributed by atoms with Gasteiger partial charge in [0.1, 0.15) is 11.3 Å². The smallest absolute Gasteiger partial charge is 0.270 e. The molecule has 1 fully saturated rings. The Morgan fingerprint density at radius 2 is 1.93 bits per heavy atom. The van der Waals surface area contributed by atoms with Crippen LogP contribution in [-0.4, -0.2) is 29.4 Å². The van der Waals surface area contributed by atoms with Crippen molar-refractivity contribution in [3.05, 3.63) is 64.2 Å². The molecule has 1 heterocycles. The number of hydrogen-bond acceptors (Lipinski definition) is 5. The van der Waals surface area contributed by atoms with E-state index >= 15 is 0 Å². The molecule has 0 aromatic heterocycles. The summed E-state index contributed by atoms with van der Waals surface area (Å²) < 4.78 is 5.19. The molecule has 0 bridgehead atoms. The number of rotatable bonds is 5. The number of hydrogen-bond donors (Lipinski definition) is 2. The lowest BCUT2D eigenvalue weighted by Crippen LogP contribution is -2.54. The highest BCUT2D eigenvalue weighted by Crippen LogP contribution is 2.28. The van der Waals surface area contributed by atoms with E-state index in [0.717, 1.165) is 5.56 Å². The number of anilines is 1. The second-order valence-electron chi connectivity index (χ2n) is 6.24. The molecular formula is C20H16ClN3O4S. The number of amides is 3. The first-order chi connectivity index (χ1) is 13.8. The van der Waals surface area contributed by atoms with Gasteiger partial charge in [-0.1, -0.05) is 35.4 Å². The van der Waals surface area contributed by atoms with E-state index in [1.165, 1.54) is 23.1 Å². The van der Waals surface area contributed by atoms with Crippen molar-refractivity contribution in [3.8, 4) is 5.75 Å². The van der Waals surface area contributed by atoms with E-state index < -0.39 is 17.7 Å². The van der Waals surface area contributed by atoms with Gasteiger partial charge in [-0.2, -0.15) is 0 Å². The van der Waals surface area contributed by atoms with E-state index in [0.29, 0.717) is 11.3 Å². The van der Waals surface area contributed by atoms with E-state index in [2.05, 4.69) is 5.32 Å². The van der Waals surface area contributed by atoms with Crippen LogP contribution in [0.1, 0.15) is 11.1 Å². The molecular weight excluding hydrogens is 414 g/mol. The molecule has 1 aliphatic heterocycles. The minimum atomic E-state index is -0.635. The number of benzene rings is 2. The molecule has 148 valence electrons. The lowest BCUT2D eigenvalue weighted by molar-refractivity contribution is -0.122. The average molecular weight is 430 g/mol. The fourth-order valence-corrected chi connectivity index (χ4v) is 3.15. The van der Waals surface area contributed by atoms with Gasteiger partial charge in [0.05, 0.1) is 10.7 Å². The van der Waals surface area contributed by atoms with Gasteiger partial charge in [-0.3, -0.25) is 24.6 Å². The summed E-state index contributed by atoms with van der Waals surface area (Å²) in [4.78, 5) is 37.4. The highest BCUT2D eigenvalue weighted by atomic mass is 35.5. The summed E-state index contributed by atoms with van der Waals surface area (Å²) in [7, 11) is 0. The number of nitrogens with zero attached hydrogens (tertiary/aromatic N) is 1. The molecule has 1 aliphatic rings. The average Bonchev–Trinajstić information content (AvgIpc) is 2.65. The van der Waals surface area contributed by atoms with Crippen molar-refractivity contribution in [2.75, 3.05) is 11.5 Å². The Bertz CT molecular complexity index is 1050. The molecule has 0 saturated carbocycles. The van der Waals surface area contributed by atoms with Gasteiger partial charge in [-0.25, -0.2) is 0 Å². The van der Waals surface area contributed by atoms with Gasteiger partial charge in [0.15, 0.2) is 11.7 Å². The number of carbonyl (C=O) groups excluding carboxylic acids is 3. The van der Waals surface area contributed by atoms with Gasteiger partial charge in [0, 0.05) is 0 Å². The first kappa shape index (κ1) is 20.5. The molecule has 29 heavy (non-hydrogen) atoms. The fourth-order valence-electron chi connectivity index (χ4n) is 2.63. The first-order valence-corrected chi connectivity index (χ1v) is 9.23. The molecule has 2 aromatic rings. The van der Waals surface area contributed by atoms with Crippen LogP contribution in [0, 0.1) is 6.92 Å². The zero-order valence-electron chi connectivity index (χ0n) is 15.3. The second-order valence-corrected chi connectivity index (χ2v) is 7.03. The minimum absolute atomic E-state index is 0.00855. The lowest BCUT2D eigenvalue weighted by Gasteiger charge is -2.29. The van der Waals surface area contributed by atoms with E-state index in [9.17, 15) is 14.4 Å². The van der Waals surface area contributed by atoms with Crippen LogP contribution in [-0.2, 0) is 14.4 Å². The summed E-state index contributed by atoms with van der Waals surface area (Å²) in [5, 5.41) is 2.73. The number of nitrogens with one attached hydrogen (secondary N) is 1. The summed E-state index contributed by atoms with van der Waals surface area (Å²) in [5.41, 5.74) is 7.01. The monoisotopic (exact) mass is 429 g/mol. The predicted molar refractivity (Wildman–Crippen MR) is 114 cm³/mol. The Labute approximate surface area is 177 Å². The molecule has 0 radical (unpaired) electrons. The fraction of sp³-hybridized carbons (Fsp3) is 0.100. The molecule has 0 aliphatic carbocycles. The molecule has 2 aromatic carbocycles. The van der Waals surface area contributed by atoms with Crippen molar-refractivity contribution in [1.29, 1.82) is 0 Å². The quantitative estimate of drug-likeness (QED) is 0.431. The first-order valence-electron chi connectivity index (χ1n) is 8.45. The molecule has 3 N–H and O–H groups in total. The third-order valence-corrected chi connectivity index (χ3v) is 4.61. The summed E-state index contributed by atoms with van der Waals surface area (Å²) in [6.07, 6.45) is 1.41. The van der Waals surface area contributed by atoms with Crippen LogP contribution < -0.4 is 20.7 Å². The molecule has 0 unspecified atom stereocenters. The maximum atomic E-state index is 13.0.